The highest BCUT2D eigenvalue weighted by atomic mass is 79.9. The highest BCUT2D eigenvalue weighted by molar-refractivity contribution is 9.11. The number of nitrogens with zero attached hydrogens (tertiary/aromatic N) is 4. The first-order valence-electron chi connectivity index (χ1n) is 6.46. The number of aromatic nitrogens is 4. The van der Waals surface area contributed by atoms with E-state index in [0.717, 1.165) is 20.9 Å². The molecular weight excluding hydrogens is 404 g/mol. The Morgan fingerprint density at radius 2 is 1.95 bits per heavy atom. The fraction of sp³-hybridized carbons (Fsp3) is 0.385. The number of aliphatic carboxylic acids is 1. The van der Waals surface area contributed by atoms with Gasteiger partial charge >= 0.3 is 5.97 Å². The molecule has 8 heteroatoms. The van der Waals surface area contributed by atoms with Gasteiger partial charge in [-0.2, -0.15) is 0 Å². The van der Waals surface area contributed by atoms with Gasteiger partial charge in [0.2, 0.25) is 0 Å². The van der Waals surface area contributed by atoms with Crippen LogP contribution in [0.2, 0.25) is 0 Å². The van der Waals surface area contributed by atoms with Crippen LogP contribution >= 0.6 is 31.9 Å². The average Bonchev–Trinajstić information content (AvgIpc) is 2.80. The van der Waals surface area contributed by atoms with E-state index >= 15 is 0 Å². The van der Waals surface area contributed by atoms with E-state index in [1.54, 1.807) is 4.68 Å². The lowest BCUT2D eigenvalue weighted by Gasteiger charge is -2.37. The van der Waals surface area contributed by atoms with Crippen molar-refractivity contribution < 1.29 is 9.90 Å². The van der Waals surface area contributed by atoms with E-state index in [-0.39, 0.29) is 0 Å². The lowest BCUT2D eigenvalue weighted by atomic mass is 9.69. The van der Waals surface area contributed by atoms with Crippen molar-refractivity contribution in [2.45, 2.75) is 25.8 Å². The fourth-order valence-corrected chi connectivity index (χ4v) is 3.82. The Morgan fingerprint density at radius 3 is 2.48 bits per heavy atom. The summed E-state index contributed by atoms with van der Waals surface area (Å²) >= 11 is 6.86. The Balaban J connectivity index is 1.96. The van der Waals surface area contributed by atoms with Gasteiger partial charge in [0.15, 0.2) is 5.82 Å². The molecule has 21 heavy (non-hydrogen) atoms. The second-order valence-corrected chi connectivity index (χ2v) is 7.09. The summed E-state index contributed by atoms with van der Waals surface area (Å²) in [6.07, 6.45) is 2.28. The summed E-state index contributed by atoms with van der Waals surface area (Å²) < 4.78 is 3.39. The molecule has 1 aromatic carbocycles. The highest BCUT2D eigenvalue weighted by Gasteiger charge is 2.45. The molecule has 1 N–H and O–H groups in total. The molecule has 0 aliphatic heterocycles. The summed E-state index contributed by atoms with van der Waals surface area (Å²) in [4.78, 5) is 11.5. The van der Waals surface area contributed by atoms with Gasteiger partial charge in [0.1, 0.15) is 0 Å². The first kappa shape index (κ1) is 14.6. The second-order valence-electron chi connectivity index (χ2n) is 5.26. The zero-order valence-corrected chi connectivity index (χ0v) is 14.1. The minimum Gasteiger partial charge on any atom is -0.481 e. The van der Waals surface area contributed by atoms with Crippen molar-refractivity contribution in [1.82, 2.24) is 20.2 Å². The van der Waals surface area contributed by atoms with Crippen molar-refractivity contribution in [2.24, 2.45) is 5.41 Å². The van der Waals surface area contributed by atoms with E-state index in [2.05, 4.69) is 47.4 Å². The van der Waals surface area contributed by atoms with Crippen LogP contribution < -0.4 is 0 Å². The van der Waals surface area contributed by atoms with E-state index in [4.69, 9.17) is 0 Å². The molecule has 1 aliphatic rings. The zero-order chi connectivity index (χ0) is 15.0. The van der Waals surface area contributed by atoms with Crippen LogP contribution in [0, 0.1) is 5.41 Å². The predicted octanol–water partition coefficient (Wildman–Crippen LogP) is 3.12. The topological polar surface area (TPSA) is 80.9 Å². The molecule has 1 fully saturated rings. The van der Waals surface area contributed by atoms with Crippen LogP contribution in [-0.4, -0.2) is 31.3 Å². The maximum atomic E-state index is 11.5. The van der Waals surface area contributed by atoms with Gasteiger partial charge in [-0.15, -0.1) is 5.10 Å². The molecule has 0 bridgehead atoms. The lowest BCUT2D eigenvalue weighted by Crippen LogP contribution is -2.42. The summed E-state index contributed by atoms with van der Waals surface area (Å²) in [5, 5.41) is 21.1. The molecule has 0 amide bonds. The van der Waals surface area contributed by atoms with Gasteiger partial charge in [-0.1, -0.05) is 38.3 Å². The van der Waals surface area contributed by atoms with E-state index in [9.17, 15) is 9.90 Å². The van der Waals surface area contributed by atoms with Crippen LogP contribution in [0.3, 0.4) is 0 Å². The number of hydrogen-bond donors (Lipinski definition) is 1. The summed E-state index contributed by atoms with van der Waals surface area (Å²) in [5.74, 6) is -0.199. The van der Waals surface area contributed by atoms with Gasteiger partial charge in [0, 0.05) is 14.5 Å². The van der Waals surface area contributed by atoms with Gasteiger partial charge in [-0.05, 0) is 41.5 Å². The number of tetrazole rings is 1. The molecule has 0 radical (unpaired) electrons. The SMILES string of the molecule is O=C(O)C1(Cn2nnnc2-c2cc(Br)cc(Br)c2)CCC1. The molecule has 1 aromatic heterocycles. The molecular formula is C13H12Br2N4O2. The van der Waals surface area contributed by atoms with Gasteiger partial charge in [-0.3, -0.25) is 4.79 Å². The highest BCUT2D eigenvalue weighted by Crippen LogP contribution is 2.43. The number of benzene rings is 1. The third-order valence-electron chi connectivity index (χ3n) is 3.87. The normalized spacial score (nSPS) is 16.5. The van der Waals surface area contributed by atoms with Crippen LogP contribution in [0.25, 0.3) is 11.4 Å². The van der Waals surface area contributed by atoms with E-state index in [1.807, 2.05) is 18.2 Å². The molecule has 0 saturated heterocycles. The smallest absolute Gasteiger partial charge is 0.311 e. The maximum Gasteiger partial charge on any atom is 0.311 e. The Kier molecular flexibility index (Phi) is 3.83. The van der Waals surface area contributed by atoms with E-state index in [1.165, 1.54) is 0 Å². The zero-order valence-electron chi connectivity index (χ0n) is 11.0. The number of halogens is 2. The van der Waals surface area contributed by atoms with Crippen LogP contribution in [0.5, 0.6) is 0 Å². The Bertz CT molecular complexity index is 677. The van der Waals surface area contributed by atoms with Crippen LogP contribution in [0.15, 0.2) is 27.1 Å². The summed E-state index contributed by atoms with van der Waals surface area (Å²) in [6, 6.07) is 5.73. The monoisotopic (exact) mass is 414 g/mol. The van der Waals surface area contributed by atoms with Crippen molar-refractivity contribution in [3.05, 3.63) is 27.1 Å². The van der Waals surface area contributed by atoms with Crippen molar-refractivity contribution in [3.63, 3.8) is 0 Å². The van der Waals surface area contributed by atoms with Crippen LogP contribution in [0.4, 0.5) is 0 Å². The van der Waals surface area contributed by atoms with Crippen molar-refractivity contribution in [1.29, 1.82) is 0 Å². The standard InChI is InChI=1S/C13H12Br2N4O2/c14-9-4-8(5-10(15)6-9)11-16-17-18-19(11)7-13(12(20)21)2-1-3-13/h4-6H,1-3,7H2,(H,20,21). The number of hydrogen-bond acceptors (Lipinski definition) is 4. The van der Waals surface area contributed by atoms with Crippen LogP contribution in [0.1, 0.15) is 19.3 Å². The molecule has 1 saturated carbocycles. The Labute approximate surface area is 137 Å². The summed E-state index contributed by atoms with van der Waals surface area (Å²) in [7, 11) is 0. The quantitative estimate of drug-likeness (QED) is 0.829. The van der Waals surface area contributed by atoms with Gasteiger partial charge in [0.05, 0.1) is 12.0 Å². The molecule has 6 nitrogen and oxygen atoms in total. The molecule has 2 aromatic rings. The Morgan fingerprint density at radius 1 is 1.29 bits per heavy atom. The number of carboxylic acids is 1. The molecule has 1 aliphatic carbocycles. The number of rotatable bonds is 4. The lowest BCUT2D eigenvalue weighted by molar-refractivity contribution is -0.156. The van der Waals surface area contributed by atoms with Crippen molar-refractivity contribution >= 4 is 37.8 Å². The largest absolute Gasteiger partial charge is 0.481 e. The minimum atomic E-state index is -0.773. The molecule has 0 unspecified atom stereocenters. The van der Waals surface area contributed by atoms with Crippen LogP contribution in [-0.2, 0) is 11.3 Å². The predicted molar refractivity (Wildman–Crippen MR) is 82.6 cm³/mol. The second kappa shape index (κ2) is 5.49. The van der Waals surface area contributed by atoms with Gasteiger partial charge in [-0.25, -0.2) is 4.68 Å². The van der Waals surface area contributed by atoms with Crippen molar-refractivity contribution in [2.75, 3.05) is 0 Å². The molecule has 0 spiro atoms. The van der Waals surface area contributed by atoms with E-state index in [0.29, 0.717) is 25.2 Å². The first-order valence-corrected chi connectivity index (χ1v) is 8.05. The maximum absolute atomic E-state index is 11.5. The third-order valence-corrected chi connectivity index (χ3v) is 4.79. The summed E-state index contributed by atoms with van der Waals surface area (Å²) in [6.45, 7) is 0.300. The fourth-order valence-electron chi connectivity index (χ4n) is 2.53. The Hall–Kier alpha value is -1.28. The molecule has 110 valence electrons. The summed E-state index contributed by atoms with van der Waals surface area (Å²) in [5.41, 5.74) is 0.106. The first-order chi connectivity index (χ1) is 10.00. The van der Waals surface area contributed by atoms with E-state index < -0.39 is 11.4 Å². The molecule has 1 heterocycles. The number of carboxylic acid groups (broad SMARTS) is 1. The molecule has 0 atom stereocenters. The van der Waals surface area contributed by atoms with Gasteiger partial charge in [0.25, 0.3) is 0 Å². The minimum absolute atomic E-state index is 0.300. The average molecular weight is 416 g/mol. The number of carbonyl (C=O) groups is 1. The third kappa shape index (κ3) is 2.74. The van der Waals surface area contributed by atoms with Crippen molar-refractivity contribution in [3.8, 4) is 11.4 Å². The molecule has 3 rings (SSSR count). The van der Waals surface area contributed by atoms with Gasteiger partial charge < -0.3 is 5.11 Å².